The van der Waals surface area contributed by atoms with Gasteiger partial charge in [-0.25, -0.2) is 14.6 Å². The van der Waals surface area contributed by atoms with Crippen molar-refractivity contribution in [2.24, 2.45) is 0 Å². The van der Waals surface area contributed by atoms with E-state index < -0.39 is 0 Å². The summed E-state index contributed by atoms with van der Waals surface area (Å²) in [6, 6.07) is 14.8. The zero-order chi connectivity index (χ0) is 20.2. The lowest BCUT2D eigenvalue weighted by atomic mass is 10.2. The Morgan fingerprint density at radius 2 is 1.76 bits per heavy atom. The van der Waals surface area contributed by atoms with Crippen LogP contribution >= 0.6 is 11.6 Å². The summed E-state index contributed by atoms with van der Waals surface area (Å²) in [6.07, 6.45) is 5.37. The van der Waals surface area contributed by atoms with Gasteiger partial charge in [-0.05, 0) is 42.5 Å². The van der Waals surface area contributed by atoms with Crippen molar-refractivity contribution in [3.63, 3.8) is 0 Å². The molecular weight excluding hydrogens is 390 g/mol. The fourth-order valence-corrected chi connectivity index (χ4v) is 2.94. The predicted molar refractivity (Wildman–Crippen MR) is 112 cm³/mol. The molecule has 146 valence electrons. The molecule has 0 saturated carbocycles. The molecule has 0 radical (unpaired) electrons. The molecule has 0 aliphatic heterocycles. The van der Waals surface area contributed by atoms with Gasteiger partial charge in [0.25, 0.3) is 0 Å². The number of nitrogens with zero attached hydrogens (tertiary/aromatic N) is 4. The molecule has 0 aliphatic carbocycles. The smallest absolute Gasteiger partial charge is 0.227 e. The minimum Gasteiger partial charge on any atom is -0.493 e. The van der Waals surface area contributed by atoms with Gasteiger partial charge in [0.15, 0.2) is 11.5 Å². The van der Waals surface area contributed by atoms with Gasteiger partial charge in [0, 0.05) is 34.7 Å². The van der Waals surface area contributed by atoms with E-state index in [4.69, 9.17) is 21.1 Å². The zero-order valence-electron chi connectivity index (χ0n) is 15.8. The van der Waals surface area contributed by atoms with E-state index in [9.17, 15) is 0 Å². The molecule has 8 heteroatoms. The van der Waals surface area contributed by atoms with Gasteiger partial charge in [-0.2, -0.15) is 5.10 Å². The van der Waals surface area contributed by atoms with Crippen molar-refractivity contribution in [1.29, 1.82) is 0 Å². The number of halogens is 1. The number of rotatable bonds is 6. The van der Waals surface area contributed by atoms with E-state index in [1.165, 1.54) is 0 Å². The van der Waals surface area contributed by atoms with E-state index in [1.807, 2.05) is 54.7 Å². The van der Waals surface area contributed by atoms with Crippen LogP contribution in [0, 0.1) is 0 Å². The van der Waals surface area contributed by atoms with E-state index in [2.05, 4.69) is 20.4 Å². The lowest BCUT2D eigenvalue weighted by Gasteiger charge is -2.10. The third kappa shape index (κ3) is 4.14. The molecule has 1 N–H and O–H groups in total. The molecule has 0 atom stereocenters. The normalized spacial score (nSPS) is 10.6. The van der Waals surface area contributed by atoms with Crippen LogP contribution in [0.3, 0.4) is 0 Å². The Hall–Kier alpha value is -3.58. The number of hydrogen-bond acceptors (Lipinski definition) is 6. The molecule has 0 spiro atoms. The SMILES string of the molecule is COc1ccc(Nc2nccc(-c3cnn(-c4ccc(Cl)cc4)c3)n2)cc1OC. The van der Waals surface area contributed by atoms with Crippen LogP contribution in [0.4, 0.5) is 11.6 Å². The van der Waals surface area contributed by atoms with Crippen molar-refractivity contribution >= 4 is 23.2 Å². The molecule has 0 saturated heterocycles. The topological polar surface area (TPSA) is 74.1 Å². The minimum atomic E-state index is 0.467. The Labute approximate surface area is 172 Å². The summed E-state index contributed by atoms with van der Waals surface area (Å²) < 4.78 is 12.4. The number of ether oxygens (including phenoxy) is 2. The summed E-state index contributed by atoms with van der Waals surface area (Å²) in [5.74, 6) is 1.74. The van der Waals surface area contributed by atoms with Gasteiger partial charge >= 0.3 is 0 Å². The van der Waals surface area contributed by atoms with E-state index in [-0.39, 0.29) is 0 Å². The van der Waals surface area contributed by atoms with Gasteiger partial charge in [-0.15, -0.1) is 0 Å². The maximum absolute atomic E-state index is 5.95. The van der Waals surface area contributed by atoms with Crippen molar-refractivity contribution in [3.05, 3.63) is 72.1 Å². The molecular formula is C21H18ClN5O2. The van der Waals surface area contributed by atoms with Crippen LogP contribution in [0.15, 0.2) is 67.1 Å². The highest BCUT2D eigenvalue weighted by Gasteiger charge is 2.09. The van der Waals surface area contributed by atoms with Crippen LogP contribution in [0.1, 0.15) is 0 Å². The molecule has 2 aromatic heterocycles. The fourth-order valence-electron chi connectivity index (χ4n) is 2.81. The van der Waals surface area contributed by atoms with E-state index in [1.54, 1.807) is 31.3 Å². The summed E-state index contributed by atoms with van der Waals surface area (Å²) in [5, 5.41) is 8.28. The molecule has 29 heavy (non-hydrogen) atoms. The quantitative estimate of drug-likeness (QED) is 0.497. The second-order valence-corrected chi connectivity index (χ2v) is 6.55. The van der Waals surface area contributed by atoms with E-state index in [0.29, 0.717) is 22.5 Å². The lowest BCUT2D eigenvalue weighted by molar-refractivity contribution is 0.355. The average molecular weight is 408 g/mol. The van der Waals surface area contributed by atoms with Gasteiger partial charge in [0.2, 0.25) is 5.95 Å². The average Bonchev–Trinajstić information content (AvgIpc) is 3.25. The lowest BCUT2D eigenvalue weighted by Crippen LogP contribution is -1.99. The number of benzene rings is 2. The van der Waals surface area contributed by atoms with Gasteiger partial charge < -0.3 is 14.8 Å². The third-order valence-corrected chi connectivity index (χ3v) is 4.52. The highest BCUT2D eigenvalue weighted by Crippen LogP contribution is 2.31. The number of methoxy groups -OCH3 is 2. The van der Waals surface area contributed by atoms with Crippen molar-refractivity contribution in [2.45, 2.75) is 0 Å². The molecule has 0 fully saturated rings. The first kappa shape index (κ1) is 18.8. The largest absolute Gasteiger partial charge is 0.493 e. The fraction of sp³-hybridized carbons (Fsp3) is 0.0952. The molecule has 4 aromatic rings. The van der Waals surface area contributed by atoms with Crippen LogP contribution in [0.5, 0.6) is 11.5 Å². The van der Waals surface area contributed by atoms with Gasteiger partial charge in [0.1, 0.15) is 0 Å². The maximum Gasteiger partial charge on any atom is 0.227 e. The summed E-state index contributed by atoms with van der Waals surface area (Å²) >= 11 is 5.95. The second kappa shape index (κ2) is 8.20. The predicted octanol–water partition coefficient (Wildman–Crippen LogP) is 4.74. The number of aromatic nitrogens is 4. The summed E-state index contributed by atoms with van der Waals surface area (Å²) in [4.78, 5) is 8.89. The van der Waals surface area contributed by atoms with Crippen molar-refractivity contribution in [3.8, 4) is 28.4 Å². The Morgan fingerprint density at radius 1 is 0.966 bits per heavy atom. The molecule has 7 nitrogen and oxygen atoms in total. The minimum absolute atomic E-state index is 0.467. The van der Waals surface area contributed by atoms with E-state index in [0.717, 1.165) is 22.6 Å². The highest BCUT2D eigenvalue weighted by molar-refractivity contribution is 6.30. The summed E-state index contributed by atoms with van der Waals surface area (Å²) in [6.45, 7) is 0. The van der Waals surface area contributed by atoms with Crippen LogP contribution < -0.4 is 14.8 Å². The molecule has 0 amide bonds. The molecule has 4 rings (SSSR count). The number of anilines is 2. The first-order chi connectivity index (χ1) is 14.2. The maximum atomic E-state index is 5.95. The third-order valence-electron chi connectivity index (χ3n) is 4.26. The van der Waals surface area contributed by atoms with E-state index >= 15 is 0 Å². The Balaban J connectivity index is 1.57. The second-order valence-electron chi connectivity index (χ2n) is 6.11. The molecule has 0 aliphatic rings. The summed E-state index contributed by atoms with van der Waals surface area (Å²) in [5.41, 5.74) is 3.33. The van der Waals surface area contributed by atoms with Gasteiger partial charge in [0.05, 0.1) is 31.8 Å². The highest BCUT2D eigenvalue weighted by atomic mass is 35.5. The summed E-state index contributed by atoms with van der Waals surface area (Å²) in [7, 11) is 3.19. The molecule has 2 heterocycles. The molecule has 2 aromatic carbocycles. The van der Waals surface area contributed by atoms with Crippen molar-refractivity contribution in [1.82, 2.24) is 19.7 Å². The van der Waals surface area contributed by atoms with Crippen LogP contribution in [0.25, 0.3) is 16.9 Å². The molecule has 0 unspecified atom stereocenters. The Bertz CT molecular complexity index is 1130. The standard InChI is InChI=1S/C21H18ClN5O2/c1-28-19-8-5-16(11-20(19)29-2)25-21-23-10-9-18(26-21)14-12-24-27(13-14)17-6-3-15(22)4-7-17/h3-13H,1-2H3,(H,23,25,26). The van der Waals surface area contributed by atoms with Crippen molar-refractivity contribution in [2.75, 3.05) is 19.5 Å². The Morgan fingerprint density at radius 3 is 2.52 bits per heavy atom. The monoisotopic (exact) mass is 407 g/mol. The van der Waals surface area contributed by atoms with Gasteiger partial charge in [-0.1, -0.05) is 11.6 Å². The van der Waals surface area contributed by atoms with Crippen molar-refractivity contribution < 1.29 is 9.47 Å². The first-order valence-electron chi connectivity index (χ1n) is 8.79. The van der Waals surface area contributed by atoms with Gasteiger partial charge in [-0.3, -0.25) is 0 Å². The van der Waals surface area contributed by atoms with Crippen LogP contribution in [-0.4, -0.2) is 34.0 Å². The van der Waals surface area contributed by atoms with Crippen LogP contribution in [0.2, 0.25) is 5.02 Å². The Kier molecular flexibility index (Phi) is 5.31. The first-order valence-corrected chi connectivity index (χ1v) is 9.17. The number of nitrogens with one attached hydrogen (secondary N) is 1. The van der Waals surface area contributed by atoms with Crippen LogP contribution in [-0.2, 0) is 0 Å². The number of hydrogen-bond donors (Lipinski definition) is 1. The molecule has 0 bridgehead atoms. The zero-order valence-corrected chi connectivity index (χ0v) is 16.6.